The number of hydrogen-bond donors (Lipinski definition) is 2. The molecule has 0 saturated carbocycles. The van der Waals surface area contributed by atoms with Crippen LogP contribution in [-0.4, -0.2) is 36.2 Å². The van der Waals surface area contributed by atoms with Crippen LogP contribution in [0.3, 0.4) is 0 Å². The van der Waals surface area contributed by atoms with E-state index in [-0.39, 0.29) is 35.7 Å². The summed E-state index contributed by atoms with van der Waals surface area (Å²) in [6, 6.07) is 3.59. The van der Waals surface area contributed by atoms with E-state index in [1.807, 2.05) is 0 Å². The van der Waals surface area contributed by atoms with Gasteiger partial charge in [-0.25, -0.2) is 14.6 Å². The number of nitrogens with one attached hydrogen (secondary N) is 2. The summed E-state index contributed by atoms with van der Waals surface area (Å²) in [5.74, 6) is -0.980. The second-order valence-corrected chi connectivity index (χ2v) is 5.26. The molecule has 2 aromatic rings. The van der Waals surface area contributed by atoms with Crippen molar-refractivity contribution in [3.63, 3.8) is 0 Å². The molecule has 2 heterocycles. The maximum absolute atomic E-state index is 12.8. The molecule has 0 spiro atoms. The third-order valence-corrected chi connectivity index (χ3v) is 3.47. The summed E-state index contributed by atoms with van der Waals surface area (Å²) in [5, 5.41) is 5.03. The van der Waals surface area contributed by atoms with E-state index in [0.717, 1.165) is 18.5 Å². The smallest absolute Gasteiger partial charge is 0.416 e. The summed E-state index contributed by atoms with van der Waals surface area (Å²) in [5.41, 5.74) is -1.06. The summed E-state index contributed by atoms with van der Waals surface area (Å²) in [6.45, 7) is 0.192. The topological polar surface area (TPSA) is 93.5 Å². The van der Waals surface area contributed by atoms with Gasteiger partial charge < -0.3 is 19.8 Å². The molecule has 1 aliphatic rings. The Balaban J connectivity index is 1.76. The van der Waals surface area contributed by atoms with Gasteiger partial charge in [-0.3, -0.25) is 0 Å². The normalized spacial score (nSPS) is 17.1. The van der Waals surface area contributed by atoms with Crippen LogP contribution in [-0.2, 0) is 10.9 Å². The Morgan fingerprint density at radius 2 is 2.20 bits per heavy atom. The predicted octanol–water partition coefficient (Wildman–Crippen LogP) is 2.20. The highest BCUT2D eigenvalue weighted by Gasteiger charge is 2.31. The molecule has 7 nitrogen and oxygen atoms in total. The second-order valence-electron chi connectivity index (χ2n) is 5.26. The predicted molar refractivity (Wildman–Crippen MR) is 77.5 cm³/mol. The lowest BCUT2D eigenvalue weighted by atomic mass is 10.1. The van der Waals surface area contributed by atoms with E-state index >= 15 is 0 Å². The maximum atomic E-state index is 12.8. The molecule has 0 aliphatic carbocycles. The standard InChI is InChI=1S/C15H12F3N3O4/c16-15(17,18)9-3-1-2-8(4-9)12-11(20-7-25-12)13(22)24-6-10-5-19-14(23)21-10/h1-4,7,10H,5-6H2,(H2,19,21,23)/t10-/m0/s1. The fourth-order valence-electron chi connectivity index (χ4n) is 2.28. The molecule has 2 N–H and O–H groups in total. The number of benzene rings is 1. The lowest BCUT2D eigenvalue weighted by Gasteiger charge is -2.10. The number of oxazole rings is 1. The van der Waals surface area contributed by atoms with Gasteiger partial charge in [0, 0.05) is 12.1 Å². The molecule has 1 saturated heterocycles. The number of carbonyl (C=O) groups excluding carboxylic acids is 2. The largest absolute Gasteiger partial charge is 0.459 e. The van der Waals surface area contributed by atoms with E-state index in [1.165, 1.54) is 12.1 Å². The molecule has 1 aromatic heterocycles. The number of amides is 2. The molecule has 132 valence electrons. The van der Waals surface area contributed by atoms with Crippen molar-refractivity contribution in [2.24, 2.45) is 0 Å². The summed E-state index contributed by atoms with van der Waals surface area (Å²) >= 11 is 0. The van der Waals surface area contributed by atoms with Crippen molar-refractivity contribution in [1.82, 2.24) is 15.6 Å². The summed E-state index contributed by atoms with van der Waals surface area (Å²) in [4.78, 5) is 26.8. The van der Waals surface area contributed by atoms with Crippen LogP contribution < -0.4 is 10.6 Å². The van der Waals surface area contributed by atoms with Crippen molar-refractivity contribution in [2.45, 2.75) is 12.2 Å². The molecule has 2 amide bonds. The molecular weight excluding hydrogens is 343 g/mol. The molecule has 10 heteroatoms. The van der Waals surface area contributed by atoms with Crippen molar-refractivity contribution < 1.29 is 31.9 Å². The molecule has 3 rings (SSSR count). The lowest BCUT2D eigenvalue weighted by Crippen LogP contribution is -2.32. The third-order valence-electron chi connectivity index (χ3n) is 3.47. The SMILES string of the molecule is O=C1NC[C@@H](COC(=O)c2ncoc2-c2cccc(C(F)(F)F)c2)N1. The van der Waals surface area contributed by atoms with Crippen LogP contribution in [0.1, 0.15) is 16.1 Å². The molecule has 1 aliphatic heterocycles. The number of esters is 1. The minimum absolute atomic E-state index is 0.0510. The van der Waals surface area contributed by atoms with E-state index in [2.05, 4.69) is 15.6 Å². The first-order chi connectivity index (χ1) is 11.8. The zero-order valence-corrected chi connectivity index (χ0v) is 12.6. The van der Waals surface area contributed by atoms with E-state index in [1.54, 1.807) is 0 Å². The monoisotopic (exact) mass is 355 g/mol. The van der Waals surface area contributed by atoms with Gasteiger partial charge in [0.25, 0.3) is 0 Å². The zero-order valence-electron chi connectivity index (χ0n) is 12.6. The Morgan fingerprint density at radius 3 is 2.88 bits per heavy atom. The first-order valence-corrected chi connectivity index (χ1v) is 7.17. The van der Waals surface area contributed by atoms with Crippen molar-refractivity contribution in [1.29, 1.82) is 0 Å². The van der Waals surface area contributed by atoms with Crippen LogP contribution in [0.25, 0.3) is 11.3 Å². The highest BCUT2D eigenvalue weighted by atomic mass is 19.4. The minimum Gasteiger partial charge on any atom is -0.459 e. The van der Waals surface area contributed by atoms with E-state index < -0.39 is 17.7 Å². The van der Waals surface area contributed by atoms with Crippen molar-refractivity contribution >= 4 is 12.0 Å². The number of alkyl halides is 3. The second kappa shape index (κ2) is 6.46. The molecule has 1 fully saturated rings. The van der Waals surface area contributed by atoms with Crippen LogP contribution in [0, 0.1) is 0 Å². The number of nitrogens with zero attached hydrogens (tertiary/aromatic N) is 1. The highest BCUT2D eigenvalue weighted by molar-refractivity contribution is 5.93. The Hall–Kier alpha value is -3.04. The van der Waals surface area contributed by atoms with Gasteiger partial charge in [0.2, 0.25) is 0 Å². The third kappa shape index (κ3) is 3.73. The molecule has 25 heavy (non-hydrogen) atoms. The number of rotatable bonds is 4. The van der Waals surface area contributed by atoms with Crippen molar-refractivity contribution in [3.05, 3.63) is 41.9 Å². The van der Waals surface area contributed by atoms with Crippen molar-refractivity contribution in [2.75, 3.05) is 13.2 Å². The number of urea groups is 1. The summed E-state index contributed by atoms with van der Waals surface area (Å²) in [6.07, 6.45) is -3.57. The van der Waals surface area contributed by atoms with E-state index in [9.17, 15) is 22.8 Å². The fraction of sp³-hybridized carbons (Fsp3) is 0.267. The number of halogens is 3. The van der Waals surface area contributed by atoms with Gasteiger partial charge in [-0.15, -0.1) is 0 Å². The van der Waals surface area contributed by atoms with Crippen LogP contribution in [0.5, 0.6) is 0 Å². The minimum atomic E-state index is -4.52. The molecule has 0 radical (unpaired) electrons. The molecule has 1 aromatic carbocycles. The van der Waals surface area contributed by atoms with Gasteiger partial charge in [0.1, 0.15) is 6.61 Å². The first-order valence-electron chi connectivity index (χ1n) is 7.17. The van der Waals surface area contributed by atoms with Gasteiger partial charge in [0.15, 0.2) is 17.8 Å². The Bertz CT molecular complexity index is 803. The van der Waals surface area contributed by atoms with E-state index in [0.29, 0.717) is 6.54 Å². The van der Waals surface area contributed by atoms with Crippen LogP contribution >= 0.6 is 0 Å². The summed E-state index contributed by atoms with van der Waals surface area (Å²) < 4.78 is 48.6. The molecule has 0 bridgehead atoms. The maximum Gasteiger partial charge on any atom is 0.416 e. The van der Waals surface area contributed by atoms with Gasteiger partial charge in [-0.2, -0.15) is 13.2 Å². The average Bonchev–Trinajstić information content (AvgIpc) is 3.21. The number of hydrogen-bond acceptors (Lipinski definition) is 5. The lowest BCUT2D eigenvalue weighted by molar-refractivity contribution is -0.137. The van der Waals surface area contributed by atoms with E-state index in [4.69, 9.17) is 9.15 Å². The summed E-state index contributed by atoms with van der Waals surface area (Å²) in [7, 11) is 0. The zero-order chi connectivity index (χ0) is 18.0. The van der Waals surface area contributed by atoms with Gasteiger partial charge in [-0.05, 0) is 12.1 Å². The fourth-order valence-corrected chi connectivity index (χ4v) is 2.28. The van der Waals surface area contributed by atoms with Crippen LogP contribution in [0.15, 0.2) is 35.1 Å². The number of ether oxygens (including phenoxy) is 1. The quantitative estimate of drug-likeness (QED) is 0.820. The first kappa shape index (κ1) is 16.8. The Labute approximate surface area is 139 Å². The van der Waals surface area contributed by atoms with Gasteiger partial charge in [-0.1, -0.05) is 12.1 Å². The highest BCUT2D eigenvalue weighted by Crippen LogP contribution is 2.33. The average molecular weight is 355 g/mol. The van der Waals surface area contributed by atoms with Crippen LogP contribution in [0.2, 0.25) is 0 Å². The van der Waals surface area contributed by atoms with Gasteiger partial charge in [0.05, 0.1) is 11.6 Å². The number of carbonyl (C=O) groups is 2. The van der Waals surface area contributed by atoms with Gasteiger partial charge >= 0.3 is 18.2 Å². The molecule has 1 atom stereocenters. The Morgan fingerprint density at radius 1 is 1.40 bits per heavy atom. The van der Waals surface area contributed by atoms with Crippen molar-refractivity contribution in [3.8, 4) is 11.3 Å². The van der Waals surface area contributed by atoms with Crippen LogP contribution in [0.4, 0.5) is 18.0 Å². The molecular formula is C15H12F3N3O4. The molecule has 0 unspecified atom stereocenters. The number of aromatic nitrogens is 1. The Kier molecular flexibility index (Phi) is 4.34.